The largest absolute Gasteiger partial charge is 0.512 e. The molecule has 0 aliphatic heterocycles. The van der Waals surface area contributed by atoms with E-state index in [9.17, 15) is 9.59 Å². The maximum atomic E-state index is 12.7. The predicted molar refractivity (Wildman–Crippen MR) is 146 cm³/mol. The standard InChI is InChI=1S/C28H14NO.C5H8O2.Ir/c30-28-21-9-4-3-8-19(21)23-14-16(12-13-22(23)28)26-15-24-18-7-2-1-6-17(18)20-10-5-11-25(29-26)27(20)24;1-4(6)3-5(2)7;/h1-11,13-15H;3,6H,1-2H3;/q-1;;. The second kappa shape index (κ2) is 9.94. The molecule has 0 spiro atoms. The number of rotatable bonds is 2. The van der Waals surface area contributed by atoms with Crippen LogP contribution in [0.5, 0.6) is 0 Å². The summed E-state index contributed by atoms with van der Waals surface area (Å²) in [5.41, 5.74) is 11.2. The van der Waals surface area contributed by atoms with Gasteiger partial charge in [0.15, 0.2) is 11.6 Å². The number of carbonyl (C=O) groups is 2. The third-order valence-corrected chi connectivity index (χ3v) is 6.69. The fraction of sp³-hybridized carbons (Fsp3) is 0.0606. The summed E-state index contributed by atoms with van der Waals surface area (Å²) in [5.74, 6) is 0.0135. The maximum absolute atomic E-state index is 12.7. The van der Waals surface area contributed by atoms with Crippen LogP contribution < -0.4 is 0 Å². The Morgan fingerprint density at radius 1 is 0.763 bits per heavy atom. The Morgan fingerprint density at radius 3 is 2.00 bits per heavy atom. The molecule has 187 valence electrons. The van der Waals surface area contributed by atoms with Crippen LogP contribution >= 0.6 is 0 Å². The molecule has 4 aromatic carbocycles. The summed E-state index contributed by atoms with van der Waals surface area (Å²) in [6, 6.07) is 32.0. The van der Waals surface area contributed by atoms with E-state index in [0.717, 1.165) is 39.0 Å². The summed E-state index contributed by atoms with van der Waals surface area (Å²) in [6.45, 7) is 2.85. The number of benzene rings is 4. The molecule has 2 aliphatic carbocycles. The monoisotopic (exact) mass is 673 g/mol. The fourth-order valence-electron chi connectivity index (χ4n) is 5.22. The Bertz CT molecular complexity index is 1800. The Morgan fingerprint density at radius 2 is 1.37 bits per heavy atom. The van der Waals surface area contributed by atoms with Gasteiger partial charge in [-0.05, 0) is 53.4 Å². The van der Waals surface area contributed by atoms with Gasteiger partial charge in [-0.2, -0.15) is 0 Å². The summed E-state index contributed by atoms with van der Waals surface area (Å²) in [4.78, 5) is 27.7. The van der Waals surface area contributed by atoms with Gasteiger partial charge >= 0.3 is 0 Å². The summed E-state index contributed by atoms with van der Waals surface area (Å²) in [6.07, 6.45) is 1.17. The number of aliphatic hydroxyl groups excluding tert-OH is 1. The van der Waals surface area contributed by atoms with Crippen molar-refractivity contribution >= 4 is 22.5 Å². The molecule has 0 unspecified atom stereocenters. The molecular formula is C33H22IrNO3-. The number of aliphatic hydroxyl groups is 1. The van der Waals surface area contributed by atoms with Gasteiger partial charge in [-0.15, -0.1) is 23.8 Å². The average Bonchev–Trinajstić information content (AvgIpc) is 3.37. The van der Waals surface area contributed by atoms with Crippen LogP contribution in [-0.4, -0.2) is 21.7 Å². The van der Waals surface area contributed by atoms with Gasteiger partial charge < -0.3 is 5.11 Å². The predicted octanol–water partition coefficient (Wildman–Crippen LogP) is 7.60. The van der Waals surface area contributed by atoms with E-state index in [2.05, 4.69) is 60.7 Å². The molecule has 4 nitrogen and oxygen atoms in total. The van der Waals surface area contributed by atoms with Crippen molar-refractivity contribution in [3.8, 4) is 44.6 Å². The number of ketones is 2. The van der Waals surface area contributed by atoms with Gasteiger partial charge in [0.05, 0.1) is 11.3 Å². The zero-order valence-electron chi connectivity index (χ0n) is 20.7. The fourth-order valence-corrected chi connectivity index (χ4v) is 5.22. The molecule has 0 saturated heterocycles. The third-order valence-electron chi connectivity index (χ3n) is 6.69. The molecule has 1 radical (unpaired) electrons. The molecule has 7 rings (SSSR count). The van der Waals surface area contributed by atoms with Crippen LogP contribution in [-0.2, 0) is 24.9 Å². The molecule has 0 fully saturated rings. The van der Waals surface area contributed by atoms with Crippen LogP contribution in [0, 0.1) is 6.07 Å². The number of allylic oxidation sites excluding steroid dienone is 2. The van der Waals surface area contributed by atoms with E-state index in [0.29, 0.717) is 0 Å². The third kappa shape index (κ3) is 4.20. The van der Waals surface area contributed by atoms with E-state index in [1.807, 2.05) is 30.3 Å². The first-order valence-corrected chi connectivity index (χ1v) is 12.0. The van der Waals surface area contributed by atoms with Gasteiger partial charge in [0.25, 0.3) is 0 Å². The van der Waals surface area contributed by atoms with Crippen molar-refractivity contribution in [2.45, 2.75) is 13.8 Å². The molecule has 1 aromatic heterocycles. The molecule has 2 aliphatic rings. The maximum Gasteiger partial charge on any atom is 0.155 e. The van der Waals surface area contributed by atoms with E-state index >= 15 is 0 Å². The van der Waals surface area contributed by atoms with Crippen molar-refractivity contribution in [3.05, 3.63) is 114 Å². The molecule has 5 heteroatoms. The van der Waals surface area contributed by atoms with Crippen LogP contribution in [0.25, 0.3) is 55.5 Å². The zero-order chi connectivity index (χ0) is 25.7. The van der Waals surface area contributed by atoms with Gasteiger partial charge in [-0.1, -0.05) is 77.9 Å². The van der Waals surface area contributed by atoms with Crippen LogP contribution in [0.3, 0.4) is 0 Å². The summed E-state index contributed by atoms with van der Waals surface area (Å²) in [7, 11) is 0. The molecule has 38 heavy (non-hydrogen) atoms. The normalized spacial score (nSPS) is 12.2. The van der Waals surface area contributed by atoms with Crippen LogP contribution in [0.4, 0.5) is 0 Å². The molecule has 0 saturated carbocycles. The average molecular weight is 673 g/mol. The minimum Gasteiger partial charge on any atom is -0.512 e. The van der Waals surface area contributed by atoms with Gasteiger partial charge in [0, 0.05) is 37.1 Å². The molecule has 0 bridgehead atoms. The Labute approximate surface area is 234 Å². The van der Waals surface area contributed by atoms with Crippen molar-refractivity contribution in [2.24, 2.45) is 0 Å². The van der Waals surface area contributed by atoms with Gasteiger partial charge in [0.1, 0.15) is 0 Å². The molecule has 5 aromatic rings. The smallest absolute Gasteiger partial charge is 0.155 e. The Balaban J connectivity index is 0.000000329. The number of nitrogens with zero attached hydrogens (tertiary/aromatic N) is 1. The van der Waals surface area contributed by atoms with E-state index in [-0.39, 0.29) is 37.4 Å². The quantitative estimate of drug-likeness (QED) is 0.117. The zero-order valence-corrected chi connectivity index (χ0v) is 23.1. The summed E-state index contributed by atoms with van der Waals surface area (Å²) < 4.78 is 0. The van der Waals surface area contributed by atoms with Crippen molar-refractivity contribution in [2.75, 3.05) is 0 Å². The van der Waals surface area contributed by atoms with Gasteiger partial charge in [0.2, 0.25) is 0 Å². The number of hydrogen-bond acceptors (Lipinski definition) is 4. The Hall–Kier alpha value is -4.18. The SMILES string of the molecule is CC(=O)C=C(C)O.O=C1c2ccccc2-c2cc(-c3cc4c5c(cccc5n3)-c3ccccc3-4)[c-]cc21.[Ir]. The number of fused-ring (bicyclic) bond motifs is 6. The topological polar surface area (TPSA) is 67.3 Å². The van der Waals surface area contributed by atoms with Gasteiger partial charge in [-0.3, -0.25) is 14.6 Å². The number of carbonyl (C=O) groups excluding carboxylic acids is 2. The van der Waals surface area contributed by atoms with Gasteiger partial charge in [-0.25, -0.2) is 0 Å². The first kappa shape index (κ1) is 25.5. The molecule has 1 heterocycles. The molecule has 0 amide bonds. The summed E-state index contributed by atoms with van der Waals surface area (Å²) in [5, 5.41) is 9.58. The number of pyridine rings is 1. The second-order valence-corrected chi connectivity index (χ2v) is 9.25. The van der Waals surface area contributed by atoms with E-state index < -0.39 is 0 Å². The Kier molecular flexibility index (Phi) is 6.66. The number of hydrogen-bond donors (Lipinski definition) is 1. The van der Waals surface area contributed by atoms with Crippen molar-refractivity contribution in [3.63, 3.8) is 0 Å². The minimum atomic E-state index is -0.125. The van der Waals surface area contributed by atoms with Crippen LogP contribution in [0.2, 0.25) is 0 Å². The molecule has 1 N–H and O–H groups in total. The van der Waals surface area contributed by atoms with Crippen molar-refractivity contribution in [1.29, 1.82) is 0 Å². The van der Waals surface area contributed by atoms with E-state index in [1.54, 1.807) is 0 Å². The first-order valence-electron chi connectivity index (χ1n) is 12.0. The van der Waals surface area contributed by atoms with E-state index in [4.69, 9.17) is 10.1 Å². The van der Waals surface area contributed by atoms with Crippen LogP contribution in [0.15, 0.2) is 96.8 Å². The first-order chi connectivity index (χ1) is 17.9. The van der Waals surface area contributed by atoms with Crippen LogP contribution in [0.1, 0.15) is 29.8 Å². The molecular weight excluding hydrogens is 651 g/mol. The summed E-state index contributed by atoms with van der Waals surface area (Å²) >= 11 is 0. The van der Waals surface area contributed by atoms with Crippen molar-refractivity contribution < 1.29 is 34.8 Å². The molecule has 0 atom stereocenters. The second-order valence-electron chi connectivity index (χ2n) is 9.25. The van der Waals surface area contributed by atoms with Crippen molar-refractivity contribution in [1.82, 2.24) is 4.98 Å². The minimum absolute atomic E-state index is 0. The van der Waals surface area contributed by atoms with E-state index in [1.165, 1.54) is 47.6 Å². The number of aromatic nitrogens is 1.